The summed E-state index contributed by atoms with van der Waals surface area (Å²) in [7, 11) is 1.30. The highest BCUT2D eigenvalue weighted by Crippen LogP contribution is 2.39. The van der Waals surface area contributed by atoms with Crippen LogP contribution in [0.15, 0.2) is 0 Å². The highest BCUT2D eigenvalue weighted by atomic mass is 33.1. The number of hydrogen-bond acceptors (Lipinski definition) is 7. The number of unbranched alkanes of at least 4 members (excludes halogenated alkanes) is 1. The fourth-order valence-corrected chi connectivity index (χ4v) is 4.98. The SMILES string of the molecule is NC(=O)CCCCC1CCSS1.N[C@@H](C[SH](=O)=O)C(=O)O. The van der Waals surface area contributed by atoms with Crippen LogP contribution in [-0.4, -0.2) is 48.2 Å². The average molecular weight is 359 g/mol. The van der Waals surface area contributed by atoms with E-state index < -0.39 is 28.5 Å². The number of rotatable bonds is 8. The van der Waals surface area contributed by atoms with Crippen LogP contribution in [0.1, 0.15) is 32.1 Å². The van der Waals surface area contributed by atoms with Crippen LogP contribution in [-0.2, 0) is 20.3 Å². The zero-order chi connectivity index (χ0) is 16.3. The molecule has 1 unspecified atom stereocenters. The first-order valence-electron chi connectivity index (χ1n) is 6.49. The Kier molecular flexibility index (Phi) is 11.9. The molecule has 0 aliphatic carbocycles. The summed E-state index contributed by atoms with van der Waals surface area (Å²) in [5.41, 5.74) is 9.87. The third-order valence-electron chi connectivity index (χ3n) is 2.59. The van der Waals surface area contributed by atoms with Crippen LogP contribution in [0.25, 0.3) is 0 Å². The first-order chi connectivity index (χ1) is 9.82. The van der Waals surface area contributed by atoms with Gasteiger partial charge in [0.15, 0.2) is 0 Å². The van der Waals surface area contributed by atoms with Crippen molar-refractivity contribution in [3.8, 4) is 0 Å². The van der Waals surface area contributed by atoms with Crippen LogP contribution in [0.5, 0.6) is 0 Å². The normalized spacial score (nSPS) is 18.9. The van der Waals surface area contributed by atoms with Crippen molar-refractivity contribution >= 4 is 44.2 Å². The Labute approximate surface area is 133 Å². The zero-order valence-corrected chi connectivity index (χ0v) is 14.1. The number of carbonyl (C=O) groups excluding carboxylic acids is 1. The Morgan fingerprint density at radius 2 is 2.00 bits per heavy atom. The van der Waals surface area contributed by atoms with E-state index in [2.05, 4.69) is 0 Å². The van der Waals surface area contributed by atoms with Gasteiger partial charge in [0, 0.05) is 17.4 Å². The molecule has 0 spiro atoms. The molecule has 0 saturated carbocycles. The predicted octanol–water partition coefficient (Wildman–Crippen LogP) is 0.195. The molecule has 1 aliphatic heterocycles. The van der Waals surface area contributed by atoms with Crippen molar-refractivity contribution in [2.75, 3.05) is 11.5 Å². The molecule has 1 saturated heterocycles. The molecule has 10 heteroatoms. The number of carbonyl (C=O) groups is 2. The minimum absolute atomic E-state index is 0.163. The van der Waals surface area contributed by atoms with Crippen molar-refractivity contribution in [3.05, 3.63) is 0 Å². The fourth-order valence-electron chi connectivity index (χ4n) is 1.47. The van der Waals surface area contributed by atoms with Crippen LogP contribution < -0.4 is 11.5 Å². The van der Waals surface area contributed by atoms with E-state index in [0.29, 0.717) is 6.42 Å². The molecule has 2 atom stereocenters. The first-order valence-corrected chi connectivity index (χ1v) is 10.2. The van der Waals surface area contributed by atoms with E-state index in [4.69, 9.17) is 16.6 Å². The number of carboxylic acid groups (broad SMARTS) is 1. The zero-order valence-electron chi connectivity index (χ0n) is 11.6. The van der Waals surface area contributed by atoms with Gasteiger partial charge in [-0.15, -0.1) is 0 Å². The summed E-state index contributed by atoms with van der Waals surface area (Å²) in [6.45, 7) is 0. The molecule has 0 aromatic heterocycles. The topological polar surface area (TPSA) is 141 Å². The number of amides is 1. The minimum atomic E-state index is -2.68. The Bertz CT molecular complexity index is 389. The van der Waals surface area contributed by atoms with Gasteiger partial charge in [-0.3, -0.25) is 9.59 Å². The summed E-state index contributed by atoms with van der Waals surface area (Å²) in [5.74, 6) is -0.659. The van der Waals surface area contributed by atoms with Crippen LogP contribution in [0.2, 0.25) is 0 Å². The summed E-state index contributed by atoms with van der Waals surface area (Å²) in [6.07, 6.45) is 5.28. The van der Waals surface area contributed by atoms with Gasteiger partial charge >= 0.3 is 5.97 Å². The van der Waals surface area contributed by atoms with Gasteiger partial charge < -0.3 is 16.6 Å². The number of nitrogens with two attached hydrogens (primary N) is 2. The lowest BCUT2D eigenvalue weighted by Crippen LogP contribution is -2.34. The van der Waals surface area contributed by atoms with Crippen molar-refractivity contribution < 1.29 is 23.1 Å². The summed E-state index contributed by atoms with van der Waals surface area (Å²) in [5, 5.41) is 8.87. The maximum Gasteiger partial charge on any atom is 0.321 e. The minimum Gasteiger partial charge on any atom is -0.480 e. The Balaban J connectivity index is 0.000000400. The Morgan fingerprint density at radius 3 is 2.38 bits per heavy atom. The maximum absolute atomic E-state index is 10.4. The van der Waals surface area contributed by atoms with Crippen molar-refractivity contribution in [3.63, 3.8) is 0 Å². The van der Waals surface area contributed by atoms with Gasteiger partial charge in [-0.25, -0.2) is 8.42 Å². The molecule has 1 amide bonds. The average Bonchev–Trinajstić information content (AvgIpc) is 2.87. The number of thiol groups is 1. The Hall–Kier alpha value is -0.450. The third kappa shape index (κ3) is 13.0. The van der Waals surface area contributed by atoms with E-state index >= 15 is 0 Å². The van der Waals surface area contributed by atoms with Crippen LogP contribution in [0.3, 0.4) is 0 Å². The van der Waals surface area contributed by atoms with Crippen molar-refractivity contribution in [2.45, 2.75) is 43.4 Å². The lowest BCUT2D eigenvalue weighted by atomic mass is 10.1. The molecular weight excluding hydrogens is 336 g/mol. The second kappa shape index (κ2) is 12.1. The molecule has 5 N–H and O–H groups in total. The first kappa shape index (κ1) is 20.6. The van der Waals surface area contributed by atoms with Gasteiger partial charge in [0.1, 0.15) is 16.7 Å². The van der Waals surface area contributed by atoms with Crippen LogP contribution in [0.4, 0.5) is 0 Å². The second-order valence-electron chi connectivity index (χ2n) is 4.50. The molecular formula is C11H22N2O5S3. The number of carboxylic acids is 1. The molecule has 0 aromatic rings. The summed E-state index contributed by atoms with van der Waals surface area (Å²) < 4.78 is 19.6. The van der Waals surface area contributed by atoms with Crippen molar-refractivity contribution in [1.82, 2.24) is 0 Å². The summed E-state index contributed by atoms with van der Waals surface area (Å²) in [6, 6.07) is -1.29. The van der Waals surface area contributed by atoms with E-state index in [1.165, 1.54) is 18.6 Å². The standard InChI is InChI=1S/C8H15NOS2.C3H7NO4S/c9-8(10)4-2-1-3-7-5-6-11-12-7;4-2(3(5)6)1-9(7)8/h7H,1-6H2,(H2,9,10);2,9H,1,4H2,(H,5,6)/t;2-/m.0/s1. The van der Waals surface area contributed by atoms with Crippen LogP contribution >= 0.6 is 21.6 Å². The molecule has 21 heavy (non-hydrogen) atoms. The van der Waals surface area contributed by atoms with Crippen molar-refractivity contribution in [1.29, 1.82) is 0 Å². The Morgan fingerprint density at radius 1 is 1.33 bits per heavy atom. The van der Waals surface area contributed by atoms with Gasteiger partial charge in [-0.2, -0.15) is 0 Å². The predicted molar refractivity (Wildman–Crippen MR) is 86.9 cm³/mol. The molecule has 1 heterocycles. The van der Waals surface area contributed by atoms with E-state index in [-0.39, 0.29) is 5.91 Å². The molecule has 0 aromatic carbocycles. The van der Waals surface area contributed by atoms with E-state index in [1.807, 2.05) is 21.6 Å². The van der Waals surface area contributed by atoms with Gasteiger partial charge in [-0.1, -0.05) is 28.0 Å². The van der Waals surface area contributed by atoms with Gasteiger partial charge in [0.25, 0.3) is 0 Å². The summed E-state index contributed by atoms with van der Waals surface area (Å²) >= 11 is 0. The molecule has 1 aliphatic rings. The molecule has 0 radical (unpaired) electrons. The van der Waals surface area contributed by atoms with E-state index in [9.17, 15) is 18.0 Å². The third-order valence-corrected chi connectivity index (χ3v) is 6.29. The van der Waals surface area contributed by atoms with E-state index in [0.717, 1.165) is 18.1 Å². The lowest BCUT2D eigenvalue weighted by Gasteiger charge is -2.05. The van der Waals surface area contributed by atoms with Gasteiger partial charge in [-0.05, 0) is 19.3 Å². The van der Waals surface area contributed by atoms with Gasteiger partial charge in [0.2, 0.25) is 5.91 Å². The van der Waals surface area contributed by atoms with Crippen molar-refractivity contribution in [2.24, 2.45) is 11.5 Å². The molecule has 0 bridgehead atoms. The largest absolute Gasteiger partial charge is 0.480 e. The fraction of sp³-hybridized carbons (Fsp3) is 0.818. The number of hydrogen-bond donors (Lipinski definition) is 4. The van der Waals surface area contributed by atoms with E-state index in [1.54, 1.807) is 0 Å². The molecule has 1 fully saturated rings. The monoisotopic (exact) mass is 358 g/mol. The number of primary amides is 1. The maximum atomic E-state index is 10.4. The summed E-state index contributed by atoms with van der Waals surface area (Å²) in [4.78, 5) is 20.3. The molecule has 7 nitrogen and oxygen atoms in total. The smallest absolute Gasteiger partial charge is 0.321 e. The quantitative estimate of drug-likeness (QED) is 0.274. The number of aliphatic carboxylic acids is 1. The van der Waals surface area contributed by atoms with Crippen LogP contribution in [0, 0.1) is 0 Å². The van der Waals surface area contributed by atoms with Gasteiger partial charge in [0.05, 0.1) is 5.75 Å². The highest BCUT2D eigenvalue weighted by molar-refractivity contribution is 8.77. The highest BCUT2D eigenvalue weighted by Gasteiger charge is 2.15. The molecule has 1 rings (SSSR count). The second-order valence-corrected chi connectivity index (χ2v) is 8.32. The molecule has 124 valence electrons. The lowest BCUT2D eigenvalue weighted by molar-refractivity contribution is -0.138.